The molecule has 33 heavy (non-hydrogen) atoms. The van der Waals surface area contributed by atoms with Gasteiger partial charge in [-0.3, -0.25) is 9.69 Å². The van der Waals surface area contributed by atoms with Crippen LogP contribution in [0.5, 0.6) is 5.75 Å². The second kappa shape index (κ2) is 8.50. The predicted octanol–water partition coefficient (Wildman–Crippen LogP) is 4.88. The number of anilines is 1. The molecule has 1 unspecified atom stereocenters. The van der Waals surface area contributed by atoms with Crippen molar-refractivity contribution in [1.82, 2.24) is 0 Å². The van der Waals surface area contributed by atoms with E-state index in [1.54, 1.807) is 30.3 Å². The molecule has 2 aliphatic rings. The lowest BCUT2D eigenvalue weighted by molar-refractivity contribution is -0.136. The Kier molecular flexibility index (Phi) is 5.38. The van der Waals surface area contributed by atoms with Crippen molar-refractivity contribution in [2.75, 3.05) is 11.5 Å². The summed E-state index contributed by atoms with van der Waals surface area (Å²) in [7, 11) is 0. The van der Waals surface area contributed by atoms with Crippen molar-refractivity contribution >= 4 is 17.6 Å². The summed E-state index contributed by atoms with van der Waals surface area (Å²) in [6.07, 6.45) is 0.0558. The van der Waals surface area contributed by atoms with Gasteiger partial charge < -0.3 is 9.47 Å². The maximum absolute atomic E-state index is 13.8. The lowest BCUT2D eigenvalue weighted by Gasteiger charge is -2.31. The minimum Gasteiger partial charge on any atom is -0.489 e. The number of cyclic esters (lactones) is 1. The fourth-order valence-corrected chi connectivity index (χ4v) is 4.20. The van der Waals surface area contributed by atoms with Gasteiger partial charge in [0.2, 0.25) is 5.91 Å². The zero-order chi connectivity index (χ0) is 22.9. The van der Waals surface area contributed by atoms with Gasteiger partial charge in [0.05, 0.1) is 17.0 Å². The molecule has 1 amide bonds. The summed E-state index contributed by atoms with van der Waals surface area (Å²) in [5.41, 5.74) is 2.85. The van der Waals surface area contributed by atoms with Gasteiger partial charge in [0.15, 0.2) is 0 Å². The van der Waals surface area contributed by atoms with E-state index in [0.29, 0.717) is 22.7 Å². The van der Waals surface area contributed by atoms with Gasteiger partial charge in [-0.15, -0.1) is 0 Å². The molecule has 7 heteroatoms. The van der Waals surface area contributed by atoms with Crippen molar-refractivity contribution in [3.05, 3.63) is 107 Å². The Hall–Kier alpha value is -4.00. The number of carbonyl (C=O) groups is 2. The Morgan fingerprint density at radius 2 is 1.70 bits per heavy atom. The Morgan fingerprint density at radius 1 is 0.939 bits per heavy atom. The van der Waals surface area contributed by atoms with Gasteiger partial charge in [0.25, 0.3) is 0 Å². The smallest absolute Gasteiger partial charge is 0.336 e. The van der Waals surface area contributed by atoms with Crippen molar-refractivity contribution in [2.45, 2.75) is 18.9 Å². The first-order valence-electron chi connectivity index (χ1n) is 10.5. The van der Waals surface area contributed by atoms with E-state index in [9.17, 15) is 18.4 Å². The van der Waals surface area contributed by atoms with E-state index in [-0.39, 0.29) is 31.4 Å². The van der Waals surface area contributed by atoms with Gasteiger partial charge in [0, 0.05) is 12.3 Å². The SMILES string of the molecule is O=C1OCC2=C1C(c1ccc(OCc3ccc(F)cc3)cc1)CC(=O)N2c1cccc(F)c1. The van der Waals surface area contributed by atoms with Crippen LogP contribution < -0.4 is 9.64 Å². The third kappa shape index (κ3) is 4.09. The molecule has 0 saturated carbocycles. The number of amides is 1. The van der Waals surface area contributed by atoms with Crippen LogP contribution in [0.4, 0.5) is 14.5 Å². The Morgan fingerprint density at radius 3 is 2.42 bits per heavy atom. The number of hydrogen-bond acceptors (Lipinski definition) is 4. The molecule has 5 rings (SSSR count). The van der Waals surface area contributed by atoms with Crippen molar-refractivity contribution in [1.29, 1.82) is 0 Å². The zero-order valence-corrected chi connectivity index (χ0v) is 17.5. The highest BCUT2D eigenvalue weighted by Gasteiger charge is 2.43. The molecule has 166 valence electrons. The lowest BCUT2D eigenvalue weighted by atomic mass is 9.84. The summed E-state index contributed by atoms with van der Waals surface area (Å²) in [5.74, 6) is -1.33. The topological polar surface area (TPSA) is 55.8 Å². The number of carbonyl (C=O) groups excluding carboxylic acids is 2. The number of hydrogen-bond donors (Lipinski definition) is 0. The molecule has 0 aliphatic carbocycles. The van der Waals surface area contributed by atoms with Crippen LogP contribution in [0.2, 0.25) is 0 Å². The maximum Gasteiger partial charge on any atom is 0.336 e. The van der Waals surface area contributed by atoms with E-state index in [1.807, 2.05) is 12.1 Å². The van der Waals surface area contributed by atoms with Crippen LogP contribution in [0, 0.1) is 11.6 Å². The van der Waals surface area contributed by atoms with Crippen LogP contribution in [-0.4, -0.2) is 18.5 Å². The summed E-state index contributed by atoms with van der Waals surface area (Å²) in [5, 5.41) is 0. The third-order valence-corrected chi connectivity index (χ3v) is 5.78. The number of ether oxygens (including phenoxy) is 2. The van der Waals surface area contributed by atoms with Gasteiger partial charge in [-0.1, -0.05) is 30.3 Å². The Balaban J connectivity index is 1.39. The van der Waals surface area contributed by atoms with Gasteiger partial charge in [-0.25, -0.2) is 13.6 Å². The molecule has 0 radical (unpaired) electrons. The predicted molar refractivity (Wildman–Crippen MR) is 116 cm³/mol. The third-order valence-electron chi connectivity index (χ3n) is 5.78. The lowest BCUT2D eigenvalue weighted by Crippen LogP contribution is -2.37. The van der Waals surface area contributed by atoms with Crippen molar-refractivity contribution < 1.29 is 27.8 Å². The van der Waals surface area contributed by atoms with E-state index in [1.165, 1.54) is 35.2 Å². The summed E-state index contributed by atoms with van der Waals surface area (Å²) in [6, 6.07) is 18.9. The van der Waals surface area contributed by atoms with Crippen LogP contribution >= 0.6 is 0 Å². The molecule has 0 aromatic heterocycles. The van der Waals surface area contributed by atoms with Gasteiger partial charge in [0.1, 0.15) is 30.6 Å². The molecule has 2 aliphatic heterocycles. The molecule has 0 fully saturated rings. The molecule has 1 atom stereocenters. The van der Waals surface area contributed by atoms with Crippen molar-refractivity contribution in [3.8, 4) is 5.75 Å². The first-order valence-corrected chi connectivity index (χ1v) is 10.5. The average molecular weight is 447 g/mol. The highest BCUT2D eigenvalue weighted by atomic mass is 19.1. The zero-order valence-electron chi connectivity index (χ0n) is 17.5. The number of rotatable bonds is 5. The van der Waals surface area contributed by atoms with E-state index >= 15 is 0 Å². The highest BCUT2D eigenvalue weighted by molar-refractivity contribution is 6.06. The largest absolute Gasteiger partial charge is 0.489 e. The maximum atomic E-state index is 13.8. The number of halogens is 2. The minimum absolute atomic E-state index is 0.0359. The van der Waals surface area contributed by atoms with Crippen molar-refractivity contribution in [3.63, 3.8) is 0 Å². The summed E-state index contributed by atoms with van der Waals surface area (Å²) >= 11 is 0. The van der Waals surface area contributed by atoms with E-state index in [2.05, 4.69) is 0 Å². The van der Waals surface area contributed by atoms with Crippen LogP contribution in [-0.2, 0) is 20.9 Å². The number of nitrogens with zero attached hydrogens (tertiary/aromatic N) is 1. The molecular weight excluding hydrogens is 428 g/mol. The molecule has 0 N–H and O–H groups in total. The fraction of sp³-hybridized carbons (Fsp3) is 0.154. The number of esters is 1. The normalized spacial score (nSPS) is 17.8. The Bertz CT molecular complexity index is 1250. The van der Waals surface area contributed by atoms with Crippen LogP contribution in [0.1, 0.15) is 23.5 Å². The molecule has 3 aromatic carbocycles. The number of benzene rings is 3. The van der Waals surface area contributed by atoms with Crippen LogP contribution in [0.15, 0.2) is 84.1 Å². The van der Waals surface area contributed by atoms with Gasteiger partial charge in [-0.2, -0.15) is 0 Å². The minimum atomic E-state index is -0.472. The van der Waals surface area contributed by atoms with E-state index in [0.717, 1.165) is 11.1 Å². The molecule has 0 saturated heterocycles. The quantitative estimate of drug-likeness (QED) is 0.524. The van der Waals surface area contributed by atoms with Crippen LogP contribution in [0.25, 0.3) is 0 Å². The van der Waals surface area contributed by atoms with Crippen molar-refractivity contribution in [2.24, 2.45) is 0 Å². The standard InChI is InChI=1S/C26H19F2NO4/c27-18-8-4-16(5-9-18)14-32-21-10-6-17(7-11-21)22-13-24(30)29(20-3-1-2-19(28)12-20)23-15-33-26(31)25(22)23/h1-12,22H,13-15H2. The van der Waals surface area contributed by atoms with E-state index in [4.69, 9.17) is 9.47 Å². The molecular formula is C26H19F2NO4. The van der Waals surface area contributed by atoms with E-state index < -0.39 is 17.7 Å². The highest BCUT2D eigenvalue weighted by Crippen LogP contribution is 2.42. The van der Waals surface area contributed by atoms with Crippen LogP contribution in [0.3, 0.4) is 0 Å². The molecule has 0 spiro atoms. The monoisotopic (exact) mass is 447 g/mol. The average Bonchev–Trinajstić information content (AvgIpc) is 3.20. The second-order valence-corrected chi connectivity index (χ2v) is 7.89. The molecule has 0 bridgehead atoms. The molecule has 3 aromatic rings. The summed E-state index contributed by atoms with van der Waals surface area (Å²) < 4.78 is 37.8. The second-order valence-electron chi connectivity index (χ2n) is 7.89. The fourth-order valence-electron chi connectivity index (χ4n) is 4.20. The first kappa shape index (κ1) is 20.9. The summed E-state index contributed by atoms with van der Waals surface area (Å²) in [4.78, 5) is 27.0. The van der Waals surface area contributed by atoms with Gasteiger partial charge in [-0.05, 0) is 53.6 Å². The molecule has 2 heterocycles. The Labute approximate surface area is 188 Å². The first-order chi connectivity index (χ1) is 16.0. The molecule has 5 nitrogen and oxygen atoms in total. The summed E-state index contributed by atoms with van der Waals surface area (Å²) in [6.45, 7) is 0.248. The van der Waals surface area contributed by atoms with Gasteiger partial charge >= 0.3 is 5.97 Å².